The van der Waals surface area contributed by atoms with E-state index in [2.05, 4.69) is 205 Å². The van der Waals surface area contributed by atoms with E-state index in [1.165, 1.54) is 85.5 Å². The quantitative estimate of drug-likeness (QED) is 0.161. The molecule has 1 aromatic heterocycles. The molecule has 0 radical (unpaired) electrons. The lowest BCUT2D eigenvalue weighted by atomic mass is 9.90. The highest BCUT2D eigenvalue weighted by molar-refractivity contribution is 7.26. The highest BCUT2D eigenvalue weighted by Crippen LogP contribution is 2.44. The Labute approximate surface area is 317 Å². The standard InChI is InChI=1S/C52H33NS/c1-2-11-34(12-3-1)37-15-10-16-41(31-37)53(42-27-29-45-39(32-42)24-30-50-52(45)47-19-8-9-20-49(47)54-50)40-25-21-36(22-26-40)48-33-38-14-5-7-18-44(38)51-43-17-6-4-13-35(43)23-28-46(48)51/h1-33H. The fourth-order valence-electron chi connectivity index (χ4n) is 8.48. The number of hydrogen-bond donors (Lipinski definition) is 0. The molecule has 10 aromatic carbocycles. The van der Waals surface area contributed by atoms with Crippen LogP contribution in [0.1, 0.15) is 0 Å². The largest absolute Gasteiger partial charge is 0.310 e. The minimum absolute atomic E-state index is 1.11. The lowest BCUT2D eigenvalue weighted by Gasteiger charge is -2.27. The highest BCUT2D eigenvalue weighted by Gasteiger charge is 2.17. The van der Waals surface area contributed by atoms with Crippen LogP contribution in [0.15, 0.2) is 200 Å². The van der Waals surface area contributed by atoms with Gasteiger partial charge >= 0.3 is 0 Å². The Morgan fingerprint density at radius 1 is 0.296 bits per heavy atom. The third kappa shape index (κ3) is 4.99. The Hall–Kier alpha value is -6.74. The van der Waals surface area contributed by atoms with E-state index in [0.717, 1.165) is 17.1 Å². The van der Waals surface area contributed by atoms with Gasteiger partial charge in [0.25, 0.3) is 0 Å². The van der Waals surface area contributed by atoms with Gasteiger partial charge in [0.05, 0.1) is 0 Å². The average molecular weight is 704 g/mol. The number of hydrogen-bond acceptors (Lipinski definition) is 2. The molecule has 54 heavy (non-hydrogen) atoms. The van der Waals surface area contributed by atoms with Gasteiger partial charge in [-0.3, -0.25) is 0 Å². The molecule has 0 aliphatic heterocycles. The van der Waals surface area contributed by atoms with Crippen LogP contribution in [0, 0.1) is 0 Å². The second-order valence-corrected chi connectivity index (χ2v) is 15.2. The maximum absolute atomic E-state index is 2.40. The van der Waals surface area contributed by atoms with Crippen LogP contribution < -0.4 is 4.90 Å². The van der Waals surface area contributed by atoms with Crippen molar-refractivity contribution in [3.05, 3.63) is 200 Å². The summed E-state index contributed by atoms with van der Waals surface area (Å²) in [6.45, 7) is 0. The fraction of sp³-hybridized carbons (Fsp3) is 0. The number of benzene rings is 10. The topological polar surface area (TPSA) is 3.24 Å². The third-order valence-corrected chi connectivity index (χ3v) is 12.1. The van der Waals surface area contributed by atoms with E-state index in [0.29, 0.717) is 0 Å². The minimum atomic E-state index is 1.11. The molecular weight excluding hydrogens is 671 g/mol. The Morgan fingerprint density at radius 3 is 1.76 bits per heavy atom. The second kappa shape index (κ2) is 12.4. The number of rotatable bonds is 5. The molecule has 2 heteroatoms. The van der Waals surface area contributed by atoms with Gasteiger partial charge in [-0.25, -0.2) is 0 Å². The van der Waals surface area contributed by atoms with Crippen molar-refractivity contribution >= 4 is 91.7 Å². The van der Waals surface area contributed by atoms with Gasteiger partial charge in [-0.2, -0.15) is 0 Å². The van der Waals surface area contributed by atoms with Crippen molar-refractivity contribution in [3.8, 4) is 22.3 Å². The average Bonchev–Trinajstić information content (AvgIpc) is 3.63. The van der Waals surface area contributed by atoms with Gasteiger partial charge in [-0.1, -0.05) is 146 Å². The van der Waals surface area contributed by atoms with Gasteiger partial charge in [0.1, 0.15) is 0 Å². The maximum atomic E-state index is 2.40. The minimum Gasteiger partial charge on any atom is -0.310 e. The van der Waals surface area contributed by atoms with E-state index in [4.69, 9.17) is 0 Å². The molecular formula is C52H33NS. The predicted molar refractivity (Wildman–Crippen MR) is 235 cm³/mol. The van der Waals surface area contributed by atoms with E-state index in [1.807, 2.05) is 11.3 Å². The molecule has 1 nitrogen and oxygen atoms in total. The van der Waals surface area contributed by atoms with Crippen molar-refractivity contribution in [1.82, 2.24) is 0 Å². The first kappa shape index (κ1) is 30.8. The summed E-state index contributed by atoms with van der Waals surface area (Å²) < 4.78 is 2.66. The molecule has 0 aliphatic carbocycles. The normalized spacial score (nSPS) is 11.7. The molecule has 0 amide bonds. The molecule has 0 atom stereocenters. The summed E-state index contributed by atoms with van der Waals surface area (Å²) in [5, 5.41) is 12.9. The number of thiophene rings is 1. The van der Waals surface area contributed by atoms with Gasteiger partial charge in [0, 0.05) is 37.2 Å². The molecule has 0 N–H and O–H groups in total. The monoisotopic (exact) mass is 703 g/mol. The molecule has 1 heterocycles. The van der Waals surface area contributed by atoms with Gasteiger partial charge in [-0.15, -0.1) is 11.3 Å². The second-order valence-electron chi connectivity index (χ2n) is 14.1. The summed E-state index contributed by atoms with van der Waals surface area (Å²) in [5.74, 6) is 0. The first-order valence-corrected chi connectivity index (χ1v) is 19.3. The van der Waals surface area contributed by atoms with Crippen molar-refractivity contribution in [1.29, 1.82) is 0 Å². The van der Waals surface area contributed by atoms with E-state index in [1.54, 1.807) is 0 Å². The summed E-state index contributed by atoms with van der Waals surface area (Å²) in [5.41, 5.74) is 8.20. The first-order valence-electron chi connectivity index (χ1n) is 18.5. The summed E-state index contributed by atoms with van der Waals surface area (Å²) in [7, 11) is 0. The molecule has 11 aromatic rings. The molecule has 0 aliphatic rings. The zero-order valence-electron chi connectivity index (χ0n) is 29.4. The van der Waals surface area contributed by atoms with E-state index < -0.39 is 0 Å². The Morgan fingerprint density at radius 2 is 0.907 bits per heavy atom. The summed E-state index contributed by atoms with van der Waals surface area (Å²) in [6.07, 6.45) is 0. The fourth-order valence-corrected chi connectivity index (χ4v) is 9.60. The van der Waals surface area contributed by atoms with Crippen LogP contribution in [0.4, 0.5) is 17.1 Å². The van der Waals surface area contributed by atoms with Crippen LogP contribution in [0.2, 0.25) is 0 Å². The van der Waals surface area contributed by atoms with E-state index >= 15 is 0 Å². The smallest absolute Gasteiger partial charge is 0.0468 e. The molecule has 0 saturated heterocycles. The zero-order valence-corrected chi connectivity index (χ0v) is 30.2. The lowest BCUT2D eigenvalue weighted by Crippen LogP contribution is -2.10. The summed E-state index contributed by atoms with van der Waals surface area (Å²) in [6, 6.07) is 73.5. The first-order chi connectivity index (χ1) is 26.8. The number of fused-ring (bicyclic) bond motifs is 10. The van der Waals surface area contributed by atoms with E-state index in [-0.39, 0.29) is 0 Å². The number of anilines is 3. The summed E-state index contributed by atoms with van der Waals surface area (Å²) in [4.78, 5) is 2.40. The van der Waals surface area contributed by atoms with Crippen LogP contribution in [0.5, 0.6) is 0 Å². The van der Waals surface area contributed by atoms with Gasteiger partial charge < -0.3 is 4.90 Å². The van der Waals surface area contributed by atoms with Crippen LogP contribution in [-0.2, 0) is 0 Å². The molecule has 0 bridgehead atoms. The van der Waals surface area contributed by atoms with Gasteiger partial charge in [-0.05, 0) is 120 Å². The van der Waals surface area contributed by atoms with Crippen molar-refractivity contribution in [2.24, 2.45) is 0 Å². The Bertz CT molecular complexity index is 3200. The van der Waals surface area contributed by atoms with Crippen molar-refractivity contribution in [2.45, 2.75) is 0 Å². The third-order valence-electron chi connectivity index (χ3n) is 11.0. The van der Waals surface area contributed by atoms with Gasteiger partial charge in [0.2, 0.25) is 0 Å². The molecule has 0 spiro atoms. The van der Waals surface area contributed by atoms with E-state index in [9.17, 15) is 0 Å². The SMILES string of the molecule is c1ccc(-c2cccc(N(c3ccc(-c4cc5ccccc5c5c4ccc4ccccc45)cc3)c3ccc4c(ccc5sc6ccccc6c54)c3)c2)cc1. The zero-order chi connectivity index (χ0) is 35.6. The Balaban J connectivity index is 1.09. The Kier molecular flexibility index (Phi) is 7.11. The van der Waals surface area contributed by atoms with Crippen LogP contribution in [0.25, 0.3) is 85.5 Å². The molecule has 252 valence electrons. The van der Waals surface area contributed by atoms with Crippen LogP contribution in [-0.4, -0.2) is 0 Å². The van der Waals surface area contributed by atoms with Crippen LogP contribution in [0.3, 0.4) is 0 Å². The van der Waals surface area contributed by atoms with Gasteiger partial charge in [0.15, 0.2) is 0 Å². The van der Waals surface area contributed by atoms with Crippen molar-refractivity contribution < 1.29 is 0 Å². The molecule has 0 saturated carbocycles. The highest BCUT2D eigenvalue weighted by atomic mass is 32.1. The maximum Gasteiger partial charge on any atom is 0.0468 e. The van der Waals surface area contributed by atoms with Crippen molar-refractivity contribution in [2.75, 3.05) is 4.90 Å². The molecule has 0 fully saturated rings. The molecule has 11 rings (SSSR count). The predicted octanol–water partition coefficient (Wildman–Crippen LogP) is 15.5. The van der Waals surface area contributed by atoms with Crippen molar-refractivity contribution in [3.63, 3.8) is 0 Å². The van der Waals surface area contributed by atoms with Crippen LogP contribution >= 0.6 is 11.3 Å². The summed E-state index contributed by atoms with van der Waals surface area (Å²) >= 11 is 1.87. The molecule has 0 unspecified atom stereocenters. The number of nitrogens with zero attached hydrogens (tertiary/aromatic N) is 1. The lowest BCUT2D eigenvalue weighted by molar-refractivity contribution is 1.29.